The van der Waals surface area contributed by atoms with E-state index in [1.807, 2.05) is 0 Å². The molecule has 0 bridgehead atoms. The van der Waals surface area contributed by atoms with Crippen LogP contribution in [-0.2, 0) is 4.79 Å². The fraction of sp³-hybridized carbons (Fsp3) is 0.421. The Morgan fingerprint density at radius 2 is 2.12 bits per heavy atom. The van der Waals surface area contributed by atoms with Crippen molar-refractivity contribution in [2.24, 2.45) is 0 Å². The van der Waals surface area contributed by atoms with Crippen molar-refractivity contribution in [3.63, 3.8) is 0 Å². The number of allylic oxidation sites excluding steroid dienone is 1. The molecule has 26 heavy (non-hydrogen) atoms. The zero-order valence-electron chi connectivity index (χ0n) is 14.7. The van der Waals surface area contributed by atoms with Gasteiger partial charge in [-0.1, -0.05) is 25.0 Å². The Hall–Kier alpha value is -2.83. The van der Waals surface area contributed by atoms with Crippen LogP contribution in [0.2, 0.25) is 0 Å². The molecule has 0 aliphatic heterocycles. The van der Waals surface area contributed by atoms with Crippen LogP contribution >= 0.6 is 0 Å². The lowest BCUT2D eigenvalue weighted by atomic mass is 10.1. The van der Waals surface area contributed by atoms with Gasteiger partial charge in [0.2, 0.25) is 0 Å². The van der Waals surface area contributed by atoms with Crippen molar-refractivity contribution in [2.45, 2.75) is 51.1 Å². The number of nitrogens with one attached hydrogen (secondary N) is 2. The van der Waals surface area contributed by atoms with E-state index < -0.39 is 17.9 Å². The summed E-state index contributed by atoms with van der Waals surface area (Å²) in [5.74, 6) is -1.56. The van der Waals surface area contributed by atoms with Crippen LogP contribution in [-0.4, -0.2) is 32.6 Å². The highest BCUT2D eigenvalue weighted by Crippen LogP contribution is 2.30. The molecular formula is C19H23N3O4. The van der Waals surface area contributed by atoms with Gasteiger partial charge in [-0.3, -0.25) is 9.36 Å². The van der Waals surface area contributed by atoms with E-state index in [1.54, 1.807) is 41.8 Å². The second-order valence-corrected chi connectivity index (χ2v) is 6.64. The summed E-state index contributed by atoms with van der Waals surface area (Å²) in [5, 5.41) is 11.7. The molecule has 1 saturated carbocycles. The van der Waals surface area contributed by atoms with Crippen LogP contribution < -0.4 is 11.0 Å². The molecule has 0 spiro atoms. The number of rotatable bonds is 6. The van der Waals surface area contributed by atoms with Gasteiger partial charge in [-0.25, -0.2) is 9.59 Å². The third kappa shape index (κ3) is 3.56. The Morgan fingerprint density at radius 3 is 2.77 bits per heavy atom. The largest absolute Gasteiger partial charge is 0.480 e. The third-order valence-corrected chi connectivity index (χ3v) is 4.88. The second kappa shape index (κ2) is 7.59. The van der Waals surface area contributed by atoms with Gasteiger partial charge in [0.05, 0.1) is 11.0 Å². The standard InChI is InChI=1S/C19H23N3O4/c1-2-3-8-14(18(24)25)20-17(23)12-9-10-16-15(11-12)21-19(26)22(16)13-6-4-5-7-13/h2-3,9-11,13-14H,4-8H2,1H3,(H,20,23)(H,21,26)(H,24,25)/b3-2+. The topological polar surface area (TPSA) is 104 Å². The number of amides is 1. The van der Waals surface area contributed by atoms with Gasteiger partial charge in [-0.05, 0) is 44.4 Å². The maximum Gasteiger partial charge on any atom is 0.326 e. The first-order valence-corrected chi connectivity index (χ1v) is 8.90. The van der Waals surface area contributed by atoms with E-state index in [9.17, 15) is 19.5 Å². The quantitative estimate of drug-likeness (QED) is 0.691. The summed E-state index contributed by atoms with van der Waals surface area (Å²) in [6.07, 6.45) is 7.86. The number of carbonyl (C=O) groups is 2. The molecule has 1 heterocycles. The van der Waals surface area contributed by atoms with Crippen LogP contribution in [0.4, 0.5) is 0 Å². The van der Waals surface area contributed by atoms with Gasteiger partial charge >= 0.3 is 11.7 Å². The summed E-state index contributed by atoms with van der Waals surface area (Å²) >= 11 is 0. The maximum absolute atomic E-state index is 12.4. The van der Waals surface area contributed by atoms with Crippen molar-refractivity contribution in [1.29, 1.82) is 0 Å². The molecule has 1 aromatic heterocycles. The monoisotopic (exact) mass is 357 g/mol. The number of carboxylic acids is 1. The number of aliphatic carboxylic acids is 1. The van der Waals surface area contributed by atoms with E-state index in [4.69, 9.17) is 0 Å². The van der Waals surface area contributed by atoms with Gasteiger partial charge in [0.1, 0.15) is 6.04 Å². The van der Waals surface area contributed by atoms with E-state index in [2.05, 4.69) is 10.3 Å². The highest BCUT2D eigenvalue weighted by Gasteiger charge is 2.23. The highest BCUT2D eigenvalue weighted by atomic mass is 16.4. The fourth-order valence-corrected chi connectivity index (χ4v) is 3.53. The predicted molar refractivity (Wildman–Crippen MR) is 98.4 cm³/mol. The molecule has 0 radical (unpaired) electrons. The van der Waals surface area contributed by atoms with Crippen LogP contribution in [0.25, 0.3) is 11.0 Å². The molecule has 3 rings (SSSR count). The van der Waals surface area contributed by atoms with Crippen molar-refractivity contribution < 1.29 is 14.7 Å². The lowest BCUT2D eigenvalue weighted by molar-refractivity contribution is -0.139. The minimum atomic E-state index is -1.08. The number of hydrogen-bond donors (Lipinski definition) is 3. The number of carbonyl (C=O) groups excluding carboxylic acids is 1. The molecule has 7 nitrogen and oxygen atoms in total. The Bertz CT molecular complexity index is 903. The average molecular weight is 357 g/mol. The highest BCUT2D eigenvalue weighted by molar-refractivity contribution is 5.99. The molecule has 1 aliphatic carbocycles. The molecule has 1 fully saturated rings. The zero-order valence-corrected chi connectivity index (χ0v) is 14.7. The van der Waals surface area contributed by atoms with Crippen LogP contribution in [0.1, 0.15) is 55.4 Å². The molecular weight excluding hydrogens is 334 g/mol. The SMILES string of the molecule is C/C=C/CC(NC(=O)c1ccc2c(c1)[nH]c(=O)n2C1CCCC1)C(=O)O. The number of H-pyrrole nitrogens is 1. The van der Waals surface area contributed by atoms with E-state index >= 15 is 0 Å². The smallest absolute Gasteiger partial charge is 0.326 e. The van der Waals surface area contributed by atoms with Crippen molar-refractivity contribution in [3.05, 3.63) is 46.4 Å². The average Bonchev–Trinajstić information content (AvgIpc) is 3.23. The predicted octanol–water partition coefficient (Wildman–Crippen LogP) is 2.59. The maximum atomic E-state index is 12.4. The first-order valence-electron chi connectivity index (χ1n) is 8.90. The number of carboxylic acid groups (broad SMARTS) is 1. The summed E-state index contributed by atoms with van der Waals surface area (Å²) < 4.78 is 1.77. The summed E-state index contributed by atoms with van der Waals surface area (Å²) in [4.78, 5) is 38.8. The van der Waals surface area contributed by atoms with Crippen LogP contribution in [0, 0.1) is 0 Å². The van der Waals surface area contributed by atoms with Gasteiger partial charge < -0.3 is 15.4 Å². The number of fused-ring (bicyclic) bond motifs is 1. The number of aromatic amines is 1. The van der Waals surface area contributed by atoms with E-state index in [0.717, 1.165) is 31.2 Å². The molecule has 1 amide bonds. The van der Waals surface area contributed by atoms with Crippen molar-refractivity contribution in [1.82, 2.24) is 14.9 Å². The van der Waals surface area contributed by atoms with Crippen LogP contribution in [0.15, 0.2) is 35.1 Å². The molecule has 0 saturated heterocycles. The Labute approximate surface area is 150 Å². The van der Waals surface area contributed by atoms with Gasteiger partial charge in [0.15, 0.2) is 0 Å². The van der Waals surface area contributed by atoms with Gasteiger partial charge in [0, 0.05) is 11.6 Å². The molecule has 1 aliphatic rings. The number of benzene rings is 1. The van der Waals surface area contributed by atoms with Gasteiger partial charge in [-0.2, -0.15) is 0 Å². The number of hydrogen-bond acceptors (Lipinski definition) is 3. The summed E-state index contributed by atoms with van der Waals surface area (Å²) in [5.41, 5.74) is 1.53. The first-order chi connectivity index (χ1) is 12.5. The Balaban J connectivity index is 1.85. The normalized spacial score (nSPS) is 16.3. The molecule has 3 N–H and O–H groups in total. The summed E-state index contributed by atoms with van der Waals surface area (Å²) in [7, 11) is 0. The van der Waals surface area contributed by atoms with Crippen molar-refractivity contribution >= 4 is 22.9 Å². The van der Waals surface area contributed by atoms with Gasteiger partial charge in [0.25, 0.3) is 5.91 Å². The van der Waals surface area contributed by atoms with Crippen LogP contribution in [0.3, 0.4) is 0 Å². The molecule has 138 valence electrons. The number of aromatic nitrogens is 2. The fourth-order valence-electron chi connectivity index (χ4n) is 3.53. The zero-order chi connectivity index (χ0) is 18.7. The molecule has 1 unspecified atom stereocenters. The molecule has 1 aromatic carbocycles. The molecule has 1 atom stereocenters. The number of nitrogens with zero attached hydrogens (tertiary/aromatic N) is 1. The molecule has 2 aromatic rings. The third-order valence-electron chi connectivity index (χ3n) is 4.88. The van der Waals surface area contributed by atoms with Gasteiger partial charge in [-0.15, -0.1) is 0 Å². The van der Waals surface area contributed by atoms with Crippen molar-refractivity contribution in [3.8, 4) is 0 Å². The lowest BCUT2D eigenvalue weighted by Crippen LogP contribution is -2.40. The second-order valence-electron chi connectivity index (χ2n) is 6.64. The Kier molecular flexibility index (Phi) is 5.25. The van der Waals surface area contributed by atoms with Crippen molar-refractivity contribution in [2.75, 3.05) is 0 Å². The van der Waals surface area contributed by atoms with E-state index in [-0.39, 0.29) is 18.2 Å². The number of imidazole rings is 1. The molecule has 7 heteroatoms. The Morgan fingerprint density at radius 1 is 1.38 bits per heavy atom. The van der Waals surface area contributed by atoms with E-state index in [0.29, 0.717) is 11.1 Å². The summed E-state index contributed by atoms with van der Waals surface area (Å²) in [6, 6.07) is 4.20. The minimum Gasteiger partial charge on any atom is -0.480 e. The summed E-state index contributed by atoms with van der Waals surface area (Å²) in [6.45, 7) is 1.79. The first kappa shape index (κ1) is 18.0. The minimum absolute atomic E-state index is 0.166. The van der Waals surface area contributed by atoms with Crippen LogP contribution in [0.5, 0.6) is 0 Å². The van der Waals surface area contributed by atoms with E-state index in [1.165, 1.54) is 0 Å². The lowest BCUT2D eigenvalue weighted by Gasteiger charge is -2.13.